The van der Waals surface area contributed by atoms with Crippen molar-refractivity contribution in [3.05, 3.63) is 0 Å². The Bertz CT molecular complexity index is 172. The zero-order valence-corrected chi connectivity index (χ0v) is 11.3. The Hall–Kier alpha value is 0.930. The van der Waals surface area contributed by atoms with Crippen molar-refractivity contribution in [3.63, 3.8) is 0 Å². The molecule has 0 saturated carbocycles. The van der Waals surface area contributed by atoms with Crippen molar-refractivity contribution in [2.24, 2.45) is 5.92 Å². The van der Waals surface area contributed by atoms with Gasteiger partial charge in [-0.25, -0.2) is 0 Å². The van der Waals surface area contributed by atoms with Crippen LogP contribution in [0.15, 0.2) is 0 Å². The molecule has 70 valence electrons. The molecule has 4 heteroatoms. The minimum Gasteiger partial charge on any atom is -0.351 e. The normalized spacial score (nSPS) is 30.5. The van der Waals surface area contributed by atoms with Crippen molar-refractivity contribution >= 4 is 51.1 Å². The van der Waals surface area contributed by atoms with E-state index in [1.165, 1.54) is 0 Å². The molecular weight excluding hydrogens is 380 g/mol. The van der Waals surface area contributed by atoms with E-state index in [4.69, 9.17) is 0 Å². The van der Waals surface area contributed by atoms with E-state index in [-0.39, 0.29) is 11.8 Å². The number of piperidine rings is 1. The summed E-state index contributed by atoms with van der Waals surface area (Å²) >= 11 is 4.73. The van der Waals surface area contributed by atoms with Gasteiger partial charge in [-0.3, -0.25) is 4.79 Å². The van der Waals surface area contributed by atoms with Gasteiger partial charge in [-0.15, -0.1) is 0 Å². The summed E-state index contributed by atoms with van der Waals surface area (Å²) in [6, 6.07) is 0.390. The Kier molecular flexibility index (Phi) is 4.56. The number of amides is 1. The quantitative estimate of drug-likeness (QED) is 0.567. The first-order valence-corrected chi connectivity index (χ1v) is 6.72. The molecule has 12 heavy (non-hydrogen) atoms. The van der Waals surface area contributed by atoms with Crippen LogP contribution in [0.3, 0.4) is 0 Å². The maximum absolute atomic E-state index is 11.4. The zero-order valence-electron chi connectivity index (χ0n) is 7.02. The smallest absolute Gasteiger partial charge is 0.223 e. The standard InChI is InChI=1S/C8H13I2NO/c1-2-5-3-4-6(7(9)10)11-8(5)12/h5-7H,2-4H2,1H3,(H,11,12)/t5-,6+/m1/s1. The molecule has 0 aromatic heterocycles. The molecule has 2 atom stereocenters. The van der Waals surface area contributed by atoms with Gasteiger partial charge >= 0.3 is 0 Å². The highest BCUT2D eigenvalue weighted by atomic mass is 127. The Morgan fingerprint density at radius 2 is 2.25 bits per heavy atom. The van der Waals surface area contributed by atoms with Crippen LogP contribution in [0, 0.1) is 5.92 Å². The van der Waals surface area contributed by atoms with Crippen molar-refractivity contribution < 1.29 is 4.79 Å². The van der Waals surface area contributed by atoms with Gasteiger partial charge in [0.25, 0.3) is 0 Å². The molecule has 1 N–H and O–H groups in total. The average molecular weight is 393 g/mol. The molecule has 1 aliphatic heterocycles. The summed E-state index contributed by atoms with van der Waals surface area (Å²) < 4.78 is 0.516. The summed E-state index contributed by atoms with van der Waals surface area (Å²) in [5, 5.41) is 3.06. The fraction of sp³-hybridized carbons (Fsp3) is 0.875. The topological polar surface area (TPSA) is 29.1 Å². The molecule has 1 aliphatic rings. The number of alkyl halides is 2. The number of carbonyl (C=O) groups is 1. The summed E-state index contributed by atoms with van der Waals surface area (Å²) in [5.74, 6) is 0.528. The Balaban J connectivity index is 2.46. The lowest BCUT2D eigenvalue weighted by atomic mass is 9.93. The third-order valence-corrected chi connectivity index (χ3v) is 4.06. The summed E-state index contributed by atoms with van der Waals surface area (Å²) in [4.78, 5) is 11.4. The Morgan fingerprint density at radius 1 is 1.58 bits per heavy atom. The zero-order chi connectivity index (χ0) is 9.14. The summed E-state index contributed by atoms with van der Waals surface area (Å²) in [7, 11) is 0. The second-order valence-electron chi connectivity index (χ2n) is 3.13. The molecule has 0 radical (unpaired) electrons. The van der Waals surface area contributed by atoms with E-state index < -0.39 is 0 Å². The number of rotatable bonds is 2. The highest BCUT2D eigenvalue weighted by Crippen LogP contribution is 2.25. The van der Waals surface area contributed by atoms with E-state index >= 15 is 0 Å². The van der Waals surface area contributed by atoms with Crippen LogP contribution in [0.5, 0.6) is 0 Å². The lowest BCUT2D eigenvalue weighted by Crippen LogP contribution is -2.46. The maximum atomic E-state index is 11.4. The molecule has 0 bridgehead atoms. The number of halogens is 2. The van der Waals surface area contributed by atoms with Gasteiger partial charge in [0, 0.05) is 12.0 Å². The molecule has 1 rings (SSSR count). The first-order chi connectivity index (χ1) is 5.65. The van der Waals surface area contributed by atoms with Crippen LogP contribution in [-0.2, 0) is 4.79 Å². The van der Waals surface area contributed by atoms with Gasteiger partial charge < -0.3 is 5.32 Å². The SMILES string of the molecule is CC[C@@H]1CC[C@@H](C(I)I)NC1=O. The lowest BCUT2D eigenvalue weighted by molar-refractivity contribution is -0.127. The summed E-state index contributed by atoms with van der Waals surface area (Å²) in [5.41, 5.74) is 0. The molecule has 0 aliphatic carbocycles. The fourth-order valence-electron chi connectivity index (χ4n) is 1.46. The van der Waals surface area contributed by atoms with Crippen molar-refractivity contribution in [2.45, 2.75) is 34.2 Å². The number of nitrogens with one attached hydrogen (secondary N) is 1. The van der Waals surface area contributed by atoms with E-state index in [9.17, 15) is 4.79 Å². The van der Waals surface area contributed by atoms with Crippen molar-refractivity contribution in [1.29, 1.82) is 0 Å². The van der Waals surface area contributed by atoms with Crippen LogP contribution >= 0.6 is 45.2 Å². The molecule has 0 aromatic carbocycles. The van der Waals surface area contributed by atoms with E-state index in [1.54, 1.807) is 0 Å². The molecule has 0 aromatic rings. The summed E-state index contributed by atoms with van der Waals surface area (Å²) in [6.07, 6.45) is 3.18. The van der Waals surface area contributed by atoms with Gasteiger partial charge in [0.2, 0.25) is 5.91 Å². The maximum Gasteiger partial charge on any atom is 0.223 e. The van der Waals surface area contributed by atoms with E-state index in [0.29, 0.717) is 7.97 Å². The average Bonchev–Trinajstić information content (AvgIpc) is 2.04. The van der Waals surface area contributed by atoms with Crippen molar-refractivity contribution in [3.8, 4) is 0 Å². The van der Waals surface area contributed by atoms with E-state index in [0.717, 1.165) is 19.3 Å². The van der Waals surface area contributed by atoms with Gasteiger partial charge in [-0.1, -0.05) is 52.1 Å². The van der Waals surface area contributed by atoms with Crippen LogP contribution in [0.4, 0.5) is 0 Å². The van der Waals surface area contributed by atoms with Crippen molar-refractivity contribution in [1.82, 2.24) is 5.32 Å². The Labute approximate surface area is 101 Å². The van der Waals surface area contributed by atoms with Gasteiger partial charge in [-0.2, -0.15) is 0 Å². The van der Waals surface area contributed by atoms with Gasteiger partial charge in [0.1, 0.15) is 0 Å². The molecule has 1 heterocycles. The first kappa shape index (κ1) is 11.0. The fourth-order valence-corrected chi connectivity index (χ4v) is 2.54. The molecule has 2 nitrogen and oxygen atoms in total. The number of hydrogen-bond acceptors (Lipinski definition) is 1. The second-order valence-corrected chi connectivity index (χ2v) is 8.20. The van der Waals surface area contributed by atoms with Crippen molar-refractivity contribution in [2.75, 3.05) is 0 Å². The molecular formula is C8H13I2NO. The number of carbonyl (C=O) groups excluding carboxylic acids is 1. The van der Waals surface area contributed by atoms with Gasteiger partial charge in [0.05, 0.1) is 1.93 Å². The molecule has 1 fully saturated rings. The van der Waals surface area contributed by atoms with Crippen LogP contribution < -0.4 is 5.32 Å². The molecule has 1 saturated heterocycles. The lowest BCUT2D eigenvalue weighted by Gasteiger charge is -2.29. The third kappa shape index (κ3) is 2.71. The minimum absolute atomic E-state index is 0.257. The van der Waals surface area contributed by atoms with E-state index in [1.807, 2.05) is 0 Å². The number of hydrogen-bond donors (Lipinski definition) is 1. The molecule has 1 amide bonds. The first-order valence-electron chi connectivity index (χ1n) is 4.23. The van der Waals surface area contributed by atoms with Gasteiger partial charge in [0.15, 0.2) is 0 Å². The van der Waals surface area contributed by atoms with Crippen LogP contribution in [0.2, 0.25) is 0 Å². The largest absolute Gasteiger partial charge is 0.351 e. The monoisotopic (exact) mass is 393 g/mol. The van der Waals surface area contributed by atoms with Crippen LogP contribution in [-0.4, -0.2) is 13.9 Å². The van der Waals surface area contributed by atoms with Gasteiger partial charge in [-0.05, 0) is 19.3 Å². The highest BCUT2D eigenvalue weighted by Gasteiger charge is 2.28. The minimum atomic E-state index is 0.257. The third-order valence-electron chi connectivity index (χ3n) is 2.32. The predicted octanol–water partition coefficient (Wildman–Crippen LogP) is 2.49. The summed E-state index contributed by atoms with van der Waals surface area (Å²) in [6.45, 7) is 2.08. The molecule has 0 unspecified atom stereocenters. The van der Waals surface area contributed by atoms with Crippen LogP contribution in [0.1, 0.15) is 26.2 Å². The predicted molar refractivity (Wildman–Crippen MR) is 66.8 cm³/mol. The van der Waals surface area contributed by atoms with Crippen LogP contribution in [0.25, 0.3) is 0 Å². The second kappa shape index (κ2) is 4.97. The highest BCUT2D eigenvalue weighted by molar-refractivity contribution is 14.2. The molecule has 0 spiro atoms. The Morgan fingerprint density at radius 3 is 2.67 bits per heavy atom. The van der Waals surface area contributed by atoms with E-state index in [2.05, 4.69) is 57.4 Å².